The fraction of sp³-hybridized carbons (Fsp3) is 0.611. The number of carbonyl (C=O) groups excluding carboxylic acids is 1. The molecule has 1 aromatic rings. The number of carbonyl (C=O) groups is 1. The molecule has 0 saturated heterocycles. The minimum atomic E-state index is -1.44. The number of ketones is 1. The summed E-state index contributed by atoms with van der Waals surface area (Å²) in [6, 6.07) is 1.31. The van der Waals surface area contributed by atoms with E-state index in [1.807, 2.05) is 6.92 Å². The summed E-state index contributed by atoms with van der Waals surface area (Å²) in [5.74, 6) is -0.121. The van der Waals surface area contributed by atoms with Crippen LogP contribution in [0.5, 0.6) is 17.2 Å². The van der Waals surface area contributed by atoms with E-state index in [1.165, 1.54) is 14.2 Å². The van der Waals surface area contributed by atoms with Crippen LogP contribution in [-0.4, -0.2) is 56.4 Å². The Hall–Kier alpha value is -1.54. The first-order valence-electron chi connectivity index (χ1n) is 8.59. The Labute approximate surface area is 157 Å². The lowest BCUT2D eigenvalue weighted by molar-refractivity contribution is -0.109. The van der Waals surface area contributed by atoms with Crippen molar-refractivity contribution in [1.82, 2.24) is 5.32 Å². The Morgan fingerprint density at radius 2 is 2.08 bits per heavy atom. The number of nitrogens with one attached hydrogen (secondary N) is 1. The highest BCUT2D eigenvalue weighted by Gasteiger charge is 2.63. The molecule has 0 bridgehead atoms. The van der Waals surface area contributed by atoms with Gasteiger partial charge in [0.05, 0.1) is 14.2 Å². The summed E-state index contributed by atoms with van der Waals surface area (Å²) in [7, 11) is 4.71. The lowest BCUT2D eigenvalue weighted by Crippen LogP contribution is -2.67. The van der Waals surface area contributed by atoms with E-state index in [4.69, 9.17) is 31.5 Å². The van der Waals surface area contributed by atoms with Gasteiger partial charge >= 0.3 is 0 Å². The molecule has 4 N–H and O–H groups in total. The minimum Gasteiger partial charge on any atom is -0.496 e. The molecular weight excluding hydrogens is 360 g/mol. The van der Waals surface area contributed by atoms with Gasteiger partial charge in [0, 0.05) is 30.5 Å². The average Bonchev–Trinajstić information content (AvgIpc) is 2.93. The van der Waals surface area contributed by atoms with Crippen LogP contribution < -0.4 is 25.3 Å². The summed E-state index contributed by atoms with van der Waals surface area (Å²) in [6.45, 7) is 2.33. The van der Waals surface area contributed by atoms with E-state index >= 15 is 0 Å². The van der Waals surface area contributed by atoms with Gasteiger partial charge in [-0.15, -0.1) is 0 Å². The van der Waals surface area contributed by atoms with Gasteiger partial charge in [-0.2, -0.15) is 0 Å². The number of methoxy groups -OCH3 is 2. The molecule has 3 rings (SSSR count). The molecule has 1 heterocycles. The molecule has 0 aromatic heterocycles. The van der Waals surface area contributed by atoms with Gasteiger partial charge in [0.15, 0.2) is 5.75 Å². The molecule has 1 fully saturated rings. The van der Waals surface area contributed by atoms with Crippen molar-refractivity contribution in [1.29, 1.82) is 0 Å². The maximum absolute atomic E-state index is 13.5. The fourth-order valence-electron chi connectivity index (χ4n) is 4.24. The van der Waals surface area contributed by atoms with E-state index in [9.17, 15) is 9.90 Å². The first kappa shape index (κ1) is 19.2. The molecule has 1 aromatic carbocycles. The van der Waals surface area contributed by atoms with Crippen LogP contribution in [0, 0.1) is 11.8 Å². The molecule has 8 heteroatoms. The molecule has 3 unspecified atom stereocenters. The van der Waals surface area contributed by atoms with Crippen molar-refractivity contribution in [2.24, 2.45) is 17.6 Å². The van der Waals surface area contributed by atoms with Crippen molar-refractivity contribution >= 4 is 17.4 Å². The second-order valence-corrected chi connectivity index (χ2v) is 7.37. The van der Waals surface area contributed by atoms with Gasteiger partial charge in [-0.25, -0.2) is 0 Å². The van der Waals surface area contributed by atoms with Gasteiger partial charge in [0.25, 0.3) is 0 Å². The molecule has 2 aliphatic rings. The third-order valence-electron chi connectivity index (χ3n) is 5.64. The lowest BCUT2D eigenvalue weighted by atomic mass is 9.65. The summed E-state index contributed by atoms with van der Waals surface area (Å²) in [6.07, 6.45) is -0.541. The van der Waals surface area contributed by atoms with E-state index in [-0.39, 0.29) is 40.0 Å². The standard InChI is InChI=1S/C18H25ClN2O5/c1-8-5-10(20)9(7-21-2)16(22)18(8)17(23)13-11(24-3)6-12(25-4)14(19)15(13)26-18/h6,8-10,16,21-22H,5,7,20H2,1-4H3/t8-,9?,10?,16?,18+/m1/s1. The SMILES string of the molecule is CNCC1C(N)C[C@@H](C)[C@]2(Oc3c(Cl)c(OC)cc(OC)c3C2=O)C1O. The first-order valence-corrected chi connectivity index (χ1v) is 8.97. The number of fused-ring (bicyclic) bond motifs is 1. The molecule has 1 aliphatic heterocycles. The second-order valence-electron chi connectivity index (χ2n) is 6.99. The monoisotopic (exact) mass is 384 g/mol. The molecule has 1 aliphatic carbocycles. The number of aliphatic hydroxyl groups excluding tert-OH is 1. The number of rotatable bonds is 4. The Morgan fingerprint density at radius 1 is 1.42 bits per heavy atom. The van der Waals surface area contributed by atoms with Crippen molar-refractivity contribution in [3.63, 3.8) is 0 Å². The summed E-state index contributed by atoms with van der Waals surface area (Å²) >= 11 is 6.40. The number of nitrogens with two attached hydrogens (primary N) is 1. The molecule has 1 saturated carbocycles. The Balaban J connectivity index is 2.15. The zero-order valence-corrected chi connectivity index (χ0v) is 16.1. The topological polar surface area (TPSA) is 103 Å². The van der Waals surface area contributed by atoms with E-state index in [0.717, 1.165) is 0 Å². The van der Waals surface area contributed by atoms with E-state index in [0.29, 0.717) is 24.5 Å². The summed E-state index contributed by atoms with van der Waals surface area (Å²) < 4.78 is 16.8. The quantitative estimate of drug-likeness (QED) is 0.717. The number of hydrogen-bond donors (Lipinski definition) is 3. The molecule has 26 heavy (non-hydrogen) atoms. The predicted octanol–water partition coefficient (Wildman–Crippen LogP) is 1.23. The second kappa shape index (κ2) is 6.88. The van der Waals surface area contributed by atoms with Crippen LogP contribution >= 0.6 is 11.6 Å². The van der Waals surface area contributed by atoms with Crippen molar-refractivity contribution in [3.05, 3.63) is 16.7 Å². The average molecular weight is 385 g/mol. The maximum atomic E-state index is 13.5. The number of ether oxygens (including phenoxy) is 3. The van der Waals surface area contributed by atoms with Gasteiger partial charge < -0.3 is 30.4 Å². The van der Waals surface area contributed by atoms with Crippen LogP contribution in [0.15, 0.2) is 6.07 Å². The van der Waals surface area contributed by atoms with E-state index in [2.05, 4.69) is 5.32 Å². The van der Waals surface area contributed by atoms with Gasteiger partial charge in [0.1, 0.15) is 28.2 Å². The van der Waals surface area contributed by atoms with Crippen LogP contribution in [-0.2, 0) is 0 Å². The Bertz CT molecular complexity index is 728. The molecular formula is C18H25ClN2O5. The molecule has 144 valence electrons. The Kier molecular flexibility index (Phi) is 5.09. The third-order valence-corrected chi connectivity index (χ3v) is 5.99. The highest BCUT2D eigenvalue weighted by Crippen LogP contribution is 2.54. The van der Waals surface area contributed by atoms with Gasteiger partial charge in [0.2, 0.25) is 11.4 Å². The van der Waals surface area contributed by atoms with Crippen LogP contribution in [0.25, 0.3) is 0 Å². The summed E-state index contributed by atoms with van der Waals surface area (Å²) in [5, 5.41) is 14.4. The Morgan fingerprint density at radius 3 is 2.65 bits per heavy atom. The van der Waals surface area contributed by atoms with Crippen molar-refractivity contribution < 1.29 is 24.1 Å². The van der Waals surface area contributed by atoms with Crippen LogP contribution in [0.2, 0.25) is 5.02 Å². The molecule has 7 nitrogen and oxygen atoms in total. The number of halogens is 1. The number of Topliss-reactive ketones (excluding diaryl/α,β-unsaturated/α-hetero) is 1. The van der Waals surface area contributed by atoms with Crippen LogP contribution in [0.1, 0.15) is 23.7 Å². The van der Waals surface area contributed by atoms with Crippen molar-refractivity contribution in [2.75, 3.05) is 27.8 Å². The van der Waals surface area contributed by atoms with Crippen molar-refractivity contribution in [3.8, 4) is 17.2 Å². The fourth-order valence-corrected chi connectivity index (χ4v) is 4.50. The molecule has 5 atom stereocenters. The van der Waals surface area contributed by atoms with E-state index in [1.54, 1.807) is 13.1 Å². The summed E-state index contributed by atoms with van der Waals surface area (Å²) in [4.78, 5) is 13.5. The number of hydrogen-bond acceptors (Lipinski definition) is 7. The first-order chi connectivity index (χ1) is 12.3. The highest BCUT2D eigenvalue weighted by molar-refractivity contribution is 6.35. The largest absolute Gasteiger partial charge is 0.496 e. The normalized spacial score (nSPS) is 33.1. The van der Waals surface area contributed by atoms with Crippen LogP contribution in [0.4, 0.5) is 0 Å². The lowest BCUT2D eigenvalue weighted by Gasteiger charge is -2.47. The zero-order chi connectivity index (χ0) is 19.2. The zero-order valence-electron chi connectivity index (χ0n) is 15.3. The summed E-state index contributed by atoms with van der Waals surface area (Å²) in [5.41, 5.74) is 5.04. The van der Waals surface area contributed by atoms with Crippen LogP contribution in [0.3, 0.4) is 0 Å². The van der Waals surface area contributed by atoms with Gasteiger partial charge in [-0.3, -0.25) is 4.79 Å². The highest BCUT2D eigenvalue weighted by atomic mass is 35.5. The molecule has 1 spiro atoms. The van der Waals surface area contributed by atoms with Gasteiger partial charge in [-0.05, 0) is 13.5 Å². The minimum absolute atomic E-state index is 0.188. The third kappa shape index (κ3) is 2.49. The molecule has 0 amide bonds. The predicted molar refractivity (Wildman–Crippen MR) is 97.4 cm³/mol. The smallest absolute Gasteiger partial charge is 0.216 e. The maximum Gasteiger partial charge on any atom is 0.216 e. The number of aliphatic hydroxyl groups is 1. The van der Waals surface area contributed by atoms with E-state index < -0.39 is 11.7 Å². The van der Waals surface area contributed by atoms with Crippen molar-refractivity contribution in [2.45, 2.75) is 31.1 Å². The van der Waals surface area contributed by atoms with Gasteiger partial charge in [-0.1, -0.05) is 18.5 Å². The molecule has 0 radical (unpaired) electrons. The number of benzene rings is 1.